The Morgan fingerprint density at radius 3 is 2.32 bits per heavy atom. The van der Waals surface area contributed by atoms with Crippen molar-refractivity contribution in [2.24, 2.45) is 0 Å². The molecular formula is C15H22FNO2. The molecule has 0 fully saturated rings. The molecule has 0 spiro atoms. The second-order valence-corrected chi connectivity index (χ2v) is 5.58. The number of carbonyl (C=O) groups is 1. The molecule has 3 nitrogen and oxygen atoms in total. The first-order chi connectivity index (χ1) is 8.88. The van der Waals surface area contributed by atoms with Gasteiger partial charge in [-0.1, -0.05) is 45.0 Å². The third-order valence-electron chi connectivity index (χ3n) is 2.94. The molecule has 1 rings (SSSR count). The lowest BCUT2D eigenvalue weighted by atomic mass is 9.86. The van der Waals surface area contributed by atoms with Gasteiger partial charge in [-0.05, 0) is 16.5 Å². The van der Waals surface area contributed by atoms with E-state index in [4.69, 9.17) is 4.74 Å². The monoisotopic (exact) mass is 267 g/mol. The normalized spacial score (nSPS) is 13.1. The largest absolute Gasteiger partial charge is 0.375 e. The van der Waals surface area contributed by atoms with Gasteiger partial charge in [-0.3, -0.25) is 4.79 Å². The van der Waals surface area contributed by atoms with Crippen LogP contribution in [0.1, 0.15) is 37.9 Å². The van der Waals surface area contributed by atoms with Gasteiger partial charge in [0.1, 0.15) is 13.3 Å². The maximum Gasteiger partial charge on any atom is 0.246 e. The quantitative estimate of drug-likeness (QED) is 0.891. The standard InChI is InChI=1S/C15H22FNO2/c1-15(2,3)12-7-5-11(6-8-12)13(9-16)17-14(18)10-19-4/h5-8,13H,9-10H2,1-4H3,(H,17,18)/t13-/m1/s1. The average molecular weight is 267 g/mol. The lowest BCUT2D eigenvalue weighted by molar-refractivity contribution is -0.125. The first kappa shape index (κ1) is 15.6. The summed E-state index contributed by atoms with van der Waals surface area (Å²) in [6, 6.07) is 7.05. The number of benzene rings is 1. The molecule has 106 valence electrons. The zero-order valence-electron chi connectivity index (χ0n) is 12.0. The van der Waals surface area contributed by atoms with E-state index in [-0.39, 0.29) is 17.9 Å². The van der Waals surface area contributed by atoms with Crippen LogP contribution in [0.2, 0.25) is 0 Å². The Kier molecular flexibility index (Phi) is 5.48. The van der Waals surface area contributed by atoms with Crippen molar-refractivity contribution < 1.29 is 13.9 Å². The SMILES string of the molecule is COCC(=O)N[C@H](CF)c1ccc(C(C)(C)C)cc1. The van der Waals surface area contributed by atoms with E-state index in [1.54, 1.807) is 0 Å². The lowest BCUT2D eigenvalue weighted by Crippen LogP contribution is -2.32. The molecule has 0 saturated heterocycles. The molecule has 0 aliphatic heterocycles. The maximum atomic E-state index is 13.0. The number of alkyl halides is 1. The van der Waals surface area contributed by atoms with Gasteiger partial charge in [-0.2, -0.15) is 0 Å². The fraction of sp³-hybridized carbons (Fsp3) is 0.533. The van der Waals surface area contributed by atoms with Crippen molar-refractivity contribution in [1.29, 1.82) is 0 Å². The second kappa shape index (κ2) is 6.66. The summed E-state index contributed by atoms with van der Waals surface area (Å²) in [5.41, 5.74) is 2.00. The Morgan fingerprint density at radius 2 is 1.89 bits per heavy atom. The minimum atomic E-state index is -0.635. The summed E-state index contributed by atoms with van der Waals surface area (Å²) in [5.74, 6) is -0.315. The minimum absolute atomic E-state index is 0.0586. The molecule has 0 heterocycles. The molecule has 0 bridgehead atoms. The van der Waals surface area contributed by atoms with Gasteiger partial charge in [-0.15, -0.1) is 0 Å². The predicted molar refractivity (Wildman–Crippen MR) is 73.9 cm³/mol. The van der Waals surface area contributed by atoms with E-state index in [2.05, 4.69) is 26.1 Å². The molecule has 0 aliphatic carbocycles. The van der Waals surface area contributed by atoms with Crippen LogP contribution in [0.15, 0.2) is 24.3 Å². The van der Waals surface area contributed by atoms with Crippen molar-refractivity contribution in [3.63, 3.8) is 0 Å². The number of methoxy groups -OCH3 is 1. The van der Waals surface area contributed by atoms with Crippen LogP contribution in [0.4, 0.5) is 4.39 Å². The van der Waals surface area contributed by atoms with E-state index in [9.17, 15) is 9.18 Å². The van der Waals surface area contributed by atoms with E-state index in [1.165, 1.54) is 12.7 Å². The number of hydrogen-bond donors (Lipinski definition) is 1. The number of hydrogen-bond acceptors (Lipinski definition) is 2. The summed E-state index contributed by atoms with van der Waals surface area (Å²) < 4.78 is 17.7. The molecule has 1 amide bonds. The van der Waals surface area contributed by atoms with Crippen molar-refractivity contribution in [1.82, 2.24) is 5.32 Å². The van der Waals surface area contributed by atoms with Crippen LogP contribution in [0.3, 0.4) is 0 Å². The number of carbonyl (C=O) groups excluding carboxylic acids is 1. The molecule has 0 radical (unpaired) electrons. The summed E-state index contributed by atoms with van der Waals surface area (Å²) in [5, 5.41) is 2.60. The van der Waals surface area contributed by atoms with Gasteiger partial charge in [0.2, 0.25) is 5.91 Å². The van der Waals surface area contributed by atoms with Crippen LogP contribution in [0.25, 0.3) is 0 Å². The van der Waals surface area contributed by atoms with Crippen LogP contribution >= 0.6 is 0 Å². The average Bonchev–Trinajstić information content (AvgIpc) is 2.35. The Balaban J connectivity index is 2.79. The van der Waals surface area contributed by atoms with Crippen LogP contribution in [0.5, 0.6) is 0 Å². The highest BCUT2D eigenvalue weighted by molar-refractivity contribution is 5.77. The van der Waals surface area contributed by atoms with Gasteiger partial charge >= 0.3 is 0 Å². The van der Waals surface area contributed by atoms with Gasteiger partial charge in [0.05, 0.1) is 6.04 Å². The summed E-state index contributed by atoms with van der Waals surface area (Å²) in [4.78, 5) is 11.4. The van der Waals surface area contributed by atoms with Crippen LogP contribution in [-0.2, 0) is 14.9 Å². The summed E-state index contributed by atoms with van der Waals surface area (Å²) in [6.45, 7) is 5.67. The molecule has 1 aromatic rings. The predicted octanol–water partition coefficient (Wildman–Crippen LogP) is 2.76. The molecule has 0 aliphatic rings. The third-order valence-corrected chi connectivity index (χ3v) is 2.94. The minimum Gasteiger partial charge on any atom is -0.375 e. The molecule has 0 unspecified atom stereocenters. The van der Waals surface area contributed by atoms with Crippen molar-refractivity contribution in [2.45, 2.75) is 32.2 Å². The summed E-state index contributed by atoms with van der Waals surface area (Å²) in [7, 11) is 1.43. The first-order valence-corrected chi connectivity index (χ1v) is 6.33. The fourth-order valence-electron chi connectivity index (χ4n) is 1.79. The Labute approximate surface area is 114 Å². The van der Waals surface area contributed by atoms with Crippen molar-refractivity contribution in [3.05, 3.63) is 35.4 Å². The highest BCUT2D eigenvalue weighted by Gasteiger charge is 2.17. The van der Waals surface area contributed by atoms with Gasteiger partial charge in [0.25, 0.3) is 0 Å². The maximum absolute atomic E-state index is 13.0. The topological polar surface area (TPSA) is 38.3 Å². The van der Waals surface area contributed by atoms with Crippen LogP contribution in [0, 0.1) is 0 Å². The smallest absolute Gasteiger partial charge is 0.246 e. The van der Waals surface area contributed by atoms with Crippen LogP contribution < -0.4 is 5.32 Å². The van der Waals surface area contributed by atoms with E-state index in [1.807, 2.05) is 24.3 Å². The summed E-state index contributed by atoms with van der Waals surface area (Å²) >= 11 is 0. The Bertz CT molecular complexity index is 409. The van der Waals surface area contributed by atoms with Gasteiger partial charge in [0, 0.05) is 7.11 Å². The van der Waals surface area contributed by atoms with Gasteiger partial charge in [-0.25, -0.2) is 4.39 Å². The molecule has 0 saturated carbocycles. The number of halogens is 1. The molecule has 1 aromatic carbocycles. The molecule has 4 heteroatoms. The summed E-state index contributed by atoms with van der Waals surface area (Å²) in [6.07, 6.45) is 0. The third kappa shape index (κ3) is 4.63. The number of ether oxygens (including phenoxy) is 1. The molecular weight excluding hydrogens is 245 g/mol. The fourth-order valence-corrected chi connectivity index (χ4v) is 1.79. The molecule has 1 N–H and O–H groups in total. The highest BCUT2D eigenvalue weighted by atomic mass is 19.1. The zero-order chi connectivity index (χ0) is 14.5. The van der Waals surface area contributed by atoms with Crippen molar-refractivity contribution in [2.75, 3.05) is 20.4 Å². The van der Waals surface area contributed by atoms with E-state index in [0.29, 0.717) is 0 Å². The first-order valence-electron chi connectivity index (χ1n) is 6.33. The Morgan fingerprint density at radius 1 is 1.32 bits per heavy atom. The van der Waals surface area contributed by atoms with E-state index < -0.39 is 12.7 Å². The number of amides is 1. The molecule has 1 atom stereocenters. The van der Waals surface area contributed by atoms with Gasteiger partial charge in [0.15, 0.2) is 0 Å². The van der Waals surface area contributed by atoms with Crippen molar-refractivity contribution in [3.8, 4) is 0 Å². The highest BCUT2D eigenvalue weighted by Crippen LogP contribution is 2.24. The number of rotatable bonds is 5. The molecule has 19 heavy (non-hydrogen) atoms. The lowest BCUT2D eigenvalue weighted by Gasteiger charge is -2.21. The Hall–Kier alpha value is -1.42. The van der Waals surface area contributed by atoms with Gasteiger partial charge < -0.3 is 10.1 Å². The second-order valence-electron chi connectivity index (χ2n) is 5.58. The van der Waals surface area contributed by atoms with E-state index >= 15 is 0 Å². The van der Waals surface area contributed by atoms with E-state index in [0.717, 1.165) is 5.56 Å². The molecule has 0 aromatic heterocycles. The zero-order valence-corrected chi connectivity index (χ0v) is 12.0. The van der Waals surface area contributed by atoms with Crippen LogP contribution in [-0.4, -0.2) is 26.3 Å². The van der Waals surface area contributed by atoms with Crippen molar-refractivity contribution >= 4 is 5.91 Å². The number of nitrogens with one attached hydrogen (secondary N) is 1.